The molecule has 1 aliphatic rings. The van der Waals surface area contributed by atoms with Crippen molar-refractivity contribution in [2.24, 2.45) is 5.41 Å². The third-order valence-corrected chi connectivity index (χ3v) is 3.03. The number of aliphatic hydroxyl groups is 1. The van der Waals surface area contributed by atoms with E-state index in [1.165, 1.54) is 6.42 Å². The molecule has 1 N–H and O–H groups in total. The monoisotopic (exact) mass is 213 g/mol. The van der Waals surface area contributed by atoms with Crippen LogP contribution in [0.1, 0.15) is 46.5 Å². The molecule has 0 saturated carbocycles. The zero-order valence-electron chi connectivity index (χ0n) is 10.1. The Balaban J connectivity index is 2.39. The third kappa shape index (κ3) is 4.20. The summed E-state index contributed by atoms with van der Waals surface area (Å²) >= 11 is 0. The van der Waals surface area contributed by atoms with Crippen LogP contribution in [0.5, 0.6) is 0 Å². The summed E-state index contributed by atoms with van der Waals surface area (Å²) in [5, 5.41) is 9.13. The maximum absolute atomic E-state index is 11.8. The van der Waals surface area contributed by atoms with Crippen molar-refractivity contribution in [2.75, 3.05) is 13.1 Å². The Bertz CT molecular complexity index is 224. The van der Waals surface area contributed by atoms with E-state index in [-0.39, 0.29) is 17.4 Å². The summed E-state index contributed by atoms with van der Waals surface area (Å²) in [5.74, 6) is 0.198. The van der Waals surface area contributed by atoms with Crippen LogP contribution in [0.15, 0.2) is 0 Å². The van der Waals surface area contributed by atoms with Crippen molar-refractivity contribution in [1.29, 1.82) is 0 Å². The number of carbonyl (C=O) groups excluding carboxylic acids is 1. The summed E-state index contributed by atoms with van der Waals surface area (Å²) in [6, 6.07) is 0. The minimum Gasteiger partial charge on any atom is -0.393 e. The number of hydrogen-bond acceptors (Lipinski definition) is 2. The SMILES string of the molecule is CC(O)CCC(=O)N1CCCC(C)(C)C1. The van der Waals surface area contributed by atoms with Gasteiger partial charge in [0, 0.05) is 19.5 Å². The van der Waals surface area contributed by atoms with E-state index in [0.717, 1.165) is 19.5 Å². The van der Waals surface area contributed by atoms with Crippen molar-refractivity contribution in [3.8, 4) is 0 Å². The van der Waals surface area contributed by atoms with Crippen molar-refractivity contribution >= 4 is 5.91 Å². The molecule has 0 aromatic rings. The molecule has 0 bridgehead atoms. The summed E-state index contributed by atoms with van der Waals surface area (Å²) in [6.07, 6.45) is 3.00. The maximum Gasteiger partial charge on any atom is 0.222 e. The average Bonchev–Trinajstić information content (AvgIpc) is 2.12. The lowest BCUT2D eigenvalue weighted by atomic mass is 9.84. The number of piperidine rings is 1. The Labute approximate surface area is 92.5 Å². The smallest absolute Gasteiger partial charge is 0.222 e. The first-order valence-corrected chi connectivity index (χ1v) is 5.86. The Morgan fingerprint density at radius 2 is 2.20 bits per heavy atom. The fourth-order valence-corrected chi connectivity index (χ4v) is 2.13. The van der Waals surface area contributed by atoms with Crippen LogP contribution in [-0.4, -0.2) is 35.1 Å². The van der Waals surface area contributed by atoms with E-state index in [0.29, 0.717) is 12.8 Å². The summed E-state index contributed by atoms with van der Waals surface area (Å²) in [6.45, 7) is 7.91. The molecule has 0 aromatic carbocycles. The van der Waals surface area contributed by atoms with Crippen LogP contribution in [0.25, 0.3) is 0 Å². The van der Waals surface area contributed by atoms with Crippen LogP contribution in [0.4, 0.5) is 0 Å². The van der Waals surface area contributed by atoms with E-state index in [9.17, 15) is 4.79 Å². The molecule has 1 rings (SSSR count). The summed E-state index contributed by atoms with van der Waals surface area (Å²) in [5.41, 5.74) is 0.263. The molecule has 0 aliphatic carbocycles. The number of carbonyl (C=O) groups is 1. The number of aliphatic hydroxyl groups excluding tert-OH is 1. The van der Waals surface area contributed by atoms with E-state index in [1.807, 2.05) is 4.90 Å². The molecule has 1 atom stereocenters. The van der Waals surface area contributed by atoms with Gasteiger partial charge in [-0.15, -0.1) is 0 Å². The number of rotatable bonds is 3. The largest absolute Gasteiger partial charge is 0.393 e. The molecule has 0 spiro atoms. The predicted octanol–water partition coefficient (Wildman–Crippen LogP) is 1.80. The van der Waals surface area contributed by atoms with Gasteiger partial charge in [0.1, 0.15) is 0 Å². The second-order valence-corrected chi connectivity index (χ2v) is 5.47. The third-order valence-electron chi connectivity index (χ3n) is 3.03. The van der Waals surface area contributed by atoms with Crippen molar-refractivity contribution < 1.29 is 9.90 Å². The van der Waals surface area contributed by atoms with Crippen LogP contribution < -0.4 is 0 Å². The van der Waals surface area contributed by atoms with Gasteiger partial charge in [-0.2, -0.15) is 0 Å². The molecule has 0 radical (unpaired) electrons. The van der Waals surface area contributed by atoms with Crippen molar-refractivity contribution in [1.82, 2.24) is 4.90 Å². The fraction of sp³-hybridized carbons (Fsp3) is 0.917. The maximum atomic E-state index is 11.8. The summed E-state index contributed by atoms with van der Waals surface area (Å²) < 4.78 is 0. The van der Waals surface area contributed by atoms with E-state index < -0.39 is 0 Å². The molecule has 1 heterocycles. The van der Waals surface area contributed by atoms with Crippen molar-refractivity contribution in [2.45, 2.75) is 52.6 Å². The second kappa shape index (κ2) is 4.97. The van der Waals surface area contributed by atoms with Gasteiger partial charge < -0.3 is 10.0 Å². The van der Waals surface area contributed by atoms with Crippen LogP contribution >= 0.6 is 0 Å². The van der Waals surface area contributed by atoms with Crippen molar-refractivity contribution in [3.63, 3.8) is 0 Å². The summed E-state index contributed by atoms with van der Waals surface area (Å²) in [4.78, 5) is 13.8. The zero-order valence-corrected chi connectivity index (χ0v) is 10.1. The van der Waals surface area contributed by atoms with E-state index >= 15 is 0 Å². The Kier molecular flexibility index (Phi) is 4.14. The number of likely N-dealkylation sites (tertiary alicyclic amines) is 1. The topological polar surface area (TPSA) is 40.5 Å². The van der Waals surface area contributed by atoms with E-state index in [1.54, 1.807) is 6.92 Å². The highest BCUT2D eigenvalue weighted by Gasteiger charge is 2.28. The molecule has 1 amide bonds. The molecular weight excluding hydrogens is 190 g/mol. The van der Waals surface area contributed by atoms with Gasteiger partial charge in [-0.25, -0.2) is 0 Å². The quantitative estimate of drug-likeness (QED) is 0.776. The normalized spacial score (nSPS) is 22.5. The van der Waals surface area contributed by atoms with Gasteiger partial charge >= 0.3 is 0 Å². The molecule has 1 aliphatic heterocycles. The highest BCUT2D eigenvalue weighted by molar-refractivity contribution is 5.76. The highest BCUT2D eigenvalue weighted by atomic mass is 16.3. The summed E-state index contributed by atoms with van der Waals surface area (Å²) in [7, 11) is 0. The first-order chi connectivity index (χ1) is 6.91. The minimum absolute atomic E-state index is 0.198. The molecule has 88 valence electrons. The zero-order chi connectivity index (χ0) is 11.5. The molecule has 1 saturated heterocycles. The van der Waals surface area contributed by atoms with Crippen molar-refractivity contribution in [3.05, 3.63) is 0 Å². The van der Waals surface area contributed by atoms with Gasteiger partial charge in [0.25, 0.3) is 0 Å². The molecule has 3 nitrogen and oxygen atoms in total. The Morgan fingerprint density at radius 1 is 1.53 bits per heavy atom. The van der Waals surface area contributed by atoms with Gasteiger partial charge in [-0.1, -0.05) is 13.8 Å². The lowest BCUT2D eigenvalue weighted by Crippen LogP contribution is -2.43. The van der Waals surface area contributed by atoms with Crippen LogP contribution in [-0.2, 0) is 4.79 Å². The lowest BCUT2D eigenvalue weighted by molar-refractivity contribution is -0.134. The number of nitrogens with zero attached hydrogens (tertiary/aromatic N) is 1. The molecular formula is C12H23NO2. The predicted molar refractivity (Wildman–Crippen MR) is 60.5 cm³/mol. The van der Waals surface area contributed by atoms with Crippen LogP contribution in [0.3, 0.4) is 0 Å². The van der Waals surface area contributed by atoms with Gasteiger partial charge in [0.15, 0.2) is 0 Å². The fourth-order valence-electron chi connectivity index (χ4n) is 2.13. The molecule has 1 fully saturated rings. The highest BCUT2D eigenvalue weighted by Crippen LogP contribution is 2.28. The Morgan fingerprint density at radius 3 is 2.73 bits per heavy atom. The van der Waals surface area contributed by atoms with Crippen LogP contribution in [0, 0.1) is 5.41 Å². The van der Waals surface area contributed by atoms with Gasteiger partial charge in [0.2, 0.25) is 5.91 Å². The molecule has 1 unspecified atom stereocenters. The lowest BCUT2D eigenvalue weighted by Gasteiger charge is -2.38. The molecule has 0 aromatic heterocycles. The van der Waals surface area contributed by atoms with Crippen LogP contribution in [0.2, 0.25) is 0 Å². The molecule has 15 heavy (non-hydrogen) atoms. The van der Waals surface area contributed by atoms with Gasteiger partial charge in [0.05, 0.1) is 6.10 Å². The number of hydrogen-bond donors (Lipinski definition) is 1. The minimum atomic E-state index is -0.369. The molecule has 3 heteroatoms. The van der Waals surface area contributed by atoms with Gasteiger partial charge in [-0.3, -0.25) is 4.79 Å². The number of amides is 1. The average molecular weight is 213 g/mol. The standard InChI is InChI=1S/C12H23NO2/c1-10(14)5-6-11(15)13-8-4-7-12(2,3)9-13/h10,14H,4-9H2,1-3H3. The van der Waals surface area contributed by atoms with E-state index in [2.05, 4.69) is 13.8 Å². The van der Waals surface area contributed by atoms with E-state index in [4.69, 9.17) is 5.11 Å². The Hall–Kier alpha value is -0.570. The van der Waals surface area contributed by atoms with Gasteiger partial charge in [-0.05, 0) is 31.6 Å². The second-order valence-electron chi connectivity index (χ2n) is 5.47. The first kappa shape index (κ1) is 12.5. The first-order valence-electron chi connectivity index (χ1n) is 5.86.